The van der Waals surface area contributed by atoms with Gasteiger partial charge in [-0.15, -0.1) is 0 Å². The summed E-state index contributed by atoms with van der Waals surface area (Å²) in [6.07, 6.45) is 1.77. The van der Waals surface area contributed by atoms with Gasteiger partial charge in [-0.1, -0.05) is 25.1 Å². The molecule has 0 aliphatic heterocycles. The first kappa shape index (κ1) is 15.1. The summed E-state index contributed by atoms with van der Waals surface area (Å²) < 4.78 is 7.12. The van der Waals surface area contributed by atoms with Gasteiger partial charge in [0.15, 0.2) is 6.10 Å². The molecule has 0 spiro atoms. The van der Waals surface area contributed by atoms with Gasteiger partial charge < -0.3 is 14.6 Å². The molecule has 1 amide bonds. The van der Waals surface area contributed by atoms with Crippen molar-refractivity contribution in [1.29, 1.82) is 0 Å². The third kappa shape index (κ3) is 3.24. The molecular formula is C16H20N2O3. The summed E-state index contributed by atoms with van der Waals surface area (Å²) in [7, 11) is 1.87. The molecule has 1 N–H and O–H groups in total. The van der Waals surface area contributed by atoms with E-state index in [2.05, 4.69) is 5.32 Å². The highest BCUT2D eigenvalue weighted by atomic mass is 16.5. The van der Waals surface area contributed by atoms with Gasteiger partial charge in [0.1, 0.15) is 0 Å². The van der Waals surface area contributed by atoms with Gasteiger partial charge in [-0.3, -0.25) is 4.79 Å². The van der Waals surface area contributed by atoms with Crippen LogP contribution in [0.15, 0.2) is 30.5 Å². The number of ether oxygens (including phenoxy) is 1. The number of aromatic nitrogens is 1. The summed E-state index contributed by atoms with van der Waals surface area (Å²) in [5.41, 5.74) is 1.43. The number of hydrogen-bond acceptors (Lipinski definition) is 3. The van der Waals surface area contributed by atoms with Crippen LogP contribution < -0.4 is 5.32 Å². The second-order valence-corrected chi connectivity index (χ2v) is 5.01. The number of benzene rings is 1. The molecule has 112 valence electrons. The minimum Gasteiger partial charge on any atom is -0.449 e. The van der Waals surface area contributed by atoms with E-state index in [1.165, 1.54) is 0 Å². The Labute approximate surface area is 123 Å². The first-order valence-corrected chi connectivity index (χ1v) is 7.07. The first-order valence-electron chi connectivity index (χ1n) is 7.07. The van der Waals surface area contributed by atoms with E-state index in [4.69, 9.17) is 4.74 Å². The zero-order chi connectivity index (χ0) is 15.4. The lowest BCUT2D eigenvalue weighted by Gasteiger charge is -2.12. The largest absolute Gasteiger partial charge is 0.449 e. The quantitative estimate of drug-likeness (QED) is 0.858. The average molecular weight is 288 g/mol. The number of esters is 1. The number of nitrogens with zero attached hydrogens (tertiary/aromatic N) is 1. The second-order valence-electron chi connectivity index (χ2n) is 5.01. The number of carbonyl (C=O) groups is 2. The van der Waals surface area contributed by atoms with Crippen molar-refractivity contribution in [2.24, 2.45) is 7.05 Å². The zero-order valence-electron chi connectivity index (χ0n) is 12.6. The fourth-order valence-electron chi connectivity index (χ4n) is 2.17. The predicted octanol–water partition coefficient (Wildman–Crippen LogP) is 2.25. The normalized spacial score (nSPS) is 12.1. The molecule has 0 bridgehead atoms. The maximum atomic E-state index is 12.2. The fraction of sp³-hybridized carbons (Fsp3) is 0.375. The number of rotatable bonds is 5. The minimum absolute atomic E-state index is 0.273. The summed E-state index contributed by atoms with van der Waals surface area (Å²) in [6.45, 7) is 4.12. The lowest BCUT2D eigenvalue weighted by Crippen LogP contribution is -2.36. The summed E-state index contributed by atoms with van der Waals surface area (Å²) in [6, 6.07) is 7.59. The van der Waals surface area contributed by atoms with Crippen molar-refractivity contribution in [1.82, 2.24) is 9.88 Å². The molecule has 1 aromatic carbocycles. The molecule has 0 fully saturated rings. The summed E-state index contributed by atoms with van der Waals surface area (Å²) in [5, 5.41) is 3.54. The highest BCUT2D eigenvalue weighted by Crippen LogP contribution is 2.21. The van der Waals surface area contributed by atoms with Crippen LogP contribution in [0.2, 0.25) is 0 Å². The number of carbonyl (C=O) groups excluding carboxylic acids is 2. The molecule has 2 rings (SSSR count). The third-order valence-electron chi connectivity index (χ3n) is 3.32. The van der Waals surface area contributed by atoms with Gasteiger partial charge in [-0.2, -0.15) is 0 Å². The van der Waals surface area contributed by atoms with Crippen LogP contribution in [0.3, 0.4) is 0 Å². The van der Waals surface area contributed by atoms with Crippen molar-refractivity contribution < 1.29 is 14.3 Å². The molecule has 0 aliphatic carbocycles. The number of amides is 1. The van der Waals surface area contributed by atoms with Crippen LogP contribution in [0, 0.1) is 0 Å². The molecule has 5 nitrogen and oxygen atoms in total. The molecule has 2 aromatic rings. The highest BCUT2D eigenvalue weighted by Gasteiger charge is 2.21. The minimum atomic E-state index is -0.803. The van der Waals surface area contributed by atoms with Gasteiger partial charge in [0, 0.05) is 30.7 Å². The van der Waals surface area contributed by atoms with Crippen molar-refractivity contribution in [2.75, 3.05) is 6.54 Å². The molecule has 5 heteroatoms. The van der Waals surface area contributed by atoms with E-state index in [0.717, 1.165) is 17.3 Å². The highest BCUT2D eigenvalue weighted by molar-refractivity contribution is 6.05. The Bertz CT molecular complexity index is 661. The van der Waals surface area contributed by atoms with Crippen LogP contribution in [-0.2, 0) is 16.6 Å². The average Bonchev–Trinajstić information content (AvgIpc) is 2.82. The topological polar surface area (TPSA) is 60.3 Å². The van der Waals surface area contributed by atoms with Crippen LogP contribution in [0.25, 0.3) is 10.9 Å². The standard InChI is InChI=1S/C16H20N2O3/c1-4-9-17-15(19)11(2)21-16(20)13-10-18(3)14-8-6-5-7-12(13)14/h5-8,10-11H,4,9H2,1-3H3,(H,17,19). The molecule has 0 saturated heterocycles. The zero-order valence-corrected chi connectivity index (χ0v) is 12.6. The third-order valence-corrected chi connectivity index (χ3v) is 3.32. The summed E-state index contributed by atoms with van der Waals surface area (Å²) in [5.74, 6) is -0.753. The van der Waals surface area contributed by atoms with Crippen molar-refractivity contribution in [2.45, 2.75) is 26.4 Å². The van der Waals surface area contributed by atoms with Crippen molar-refractivity contribution in [3.63, 3.8) is 0 Å². The first-order chi connectivity index (χ1) is 10.0. The van der Waals surface area contributed by atoms with E-state index < -0.39 is 12.1 Å². The smallest absolute Gasteiger partial charge is 0.341 e. The van der Waals surface area contributed by atoms with Crippen LogP contribution >= 0.6 is 0 Å². The van der Waals surface area contributed by atoms with Crippen LogP contribution in [0.1, 0.15) is 30.6 Å². The van der Waals surface area contributed by atoms with Gasteiger partial charge >= 0.3 is 5.97 Å². The maximum absolute atomic E-state index is 12.2. The Kier molecular flexibility index (Phi) is 4.62. The lowest BCUT2D eigenvalue weighted by molar-refractivity contribution is -0.129. The van der Waals surface area contributed by atoms with Gasteiger partial charge in [0.25, 0.3) is 5.91 Å². The Hall–Kier alpha value is -2.30. The van der Waals surface area contributed by atoms with E-state index in [0.29, 0.717) is 12.1 Å². The molecule has 1 aromatic heterocycles. The summed E-state index contributed by atoms with van der Waals surface area (Å²) >= 11 is 0. The summed E-state index contributed by atoms with van der Waals surface area (Å²) in [4.78, 5) is 24.0. The Balaban J connectivity index is 2.14. The molecule has 1 heterocycles. The molecule has 21 heavy (non-hydrogen) atoms. The Morgan fingerprint density at radius 2 is 2.05 bits per heavy atom. The number of fused-ring (bicyclic) bond motifs is 1. The van der Waals surface area contributed by atoms with Crippen molar-refractivity contribution >= 4 is 22.8 Å². The fourth-order valence-corrected chi connectivity index (χ4v) is 2.17. The monoisotopic (exact) mass is 288 g/mol. The number of para-hydroxylation sites is 1. The van der Waals surface area contributed by atoms with Crippen molar-refractivity contribution in [3.05, 3.63) is 36.0 Å². The number of nitrogens with one attached hydrogen (secondary N) is 1. The van der Waals surface area contributed by atoms with E-state index in [1.54, 1.807) is 13.1 Å². The van der Waals surface area contributed by atoms with Gasteiger partial charge in [0.05, 0.1) is 5.56 Å². The molecule has 0 aliphatic rings. The molecular weight excluding hydrogens is 268 g/mol. The molecule has 0 radical (unpaired) electrons. The second kappa shape index (κ2) is 6.43. The van der Waals surface area contributed by atoms with Crippen LogP contribution in [0.5, 0.6) is 0 Å². The van der Waals surface area contributed by atoms with E-state index in [9.17, 15) is 9.59 Å². The Morgan fingerprint density at radius 3 is 2.76 bits per heavy atom. The SMILES string of the molecule is CCCNC(=O)C(C)OC(=O)c1cn(C)c2ccccc12. The van der Waals surface area contributed by atoms with Crippen molar-refractivity contribution in [3.8, 4) is 0 Å². The molecule has 1 atom stereocenters. The molecule has 0 saturated carbocycles. The lowest BCUT2D eigenvalue weighted by atomic mass is 10.2. The van der Waals surface area contributed by atoms with E-state index in [1.807, 2.05) is 42.8 Å². The maximum Gasteiger partial charge on any atom is 0.341 e. The van der Waals surface area contributed by atoms with Crippen LogP contribution in [-0.4, -0.2) is 29.1 Å². The van der Waals surface area contributed by atoms with Gasteiger partial charge in [-0.05, 0) is 19.4 Å². The van der Waals surface area contributed by atoms with E-state index >= 15 is 0 Å². The van der Waals surface area contributed by atoms with E-state index in [-0.39, 0.29) is 5.91 Å². The number of hydrogen-bond donors (Lipinski definition) is 1. The van der Waals surface area contributed by atoms with Gasteiger partial charge in [0.2, 0.25) is 0 Å². The number of aryl methyl sites for hydroxylation is 1. The Morgan fingerprint density at radius 1 is 1.33 bits per heavy atom. The molecule has 1 unspecified atom stereocenters. The predicted molar refractivity (Wildman–Crippen MR) is 81.1 cm³/mol. The van der Waals surface area contributed by atoms with Gasteiger partial charge in [-0.25, -0.2) is 4.79 Å². The van der Waals surface area contributed by atoms with Crippen LogP contribution in [0.4, 0.5) is 0 Å².